The Balaban J connectivity index is 1.23. The van der Waals surface area contributed by atoms with Gasteiger partial charge in [-0.1, -0.05) is 118 Å². The molecule has 0 radical (unpaired) electrons. The van der Waals surface area contributed by atoms with Gasteiger partial charge in [-0.05, 0) is 104 Å². The summed E-state index contributed by atoms with van der Waals surface area (Å²) in [4.78, 5) is 9.21. The second-order valence-corrected chi connectivity index (χ2v) is 14.2. The van der Waals surface area contributed by atoms with Crippen molar-refractivity contribution in [3.05, 3.63) is 160 Å². The number of hydrogen-bond donors (Lipinski definition) is 0. The Hall–Kier alpha value is -4.82. The fourth-order valence-electron chi connectivity index (χ4n) is 7.83. The third-order valence-corrected chi connectivity index (χ3v) is 10.4. The molecular formula is C44H40N2. The number of aryl methyl sites for hydroxylation is 1. The number of benzene rings is 2. The first-order valence-electron chi connectivity index (χ1n) is 16.7. The van der Waals surface area contributed by atoms with Crippen molar-refractivity contribution < 1.29 is 0 Å². The van der Waals surface area contributed by atoms with E-state index in [0.717, 1.165) is 36.2 Å². The molecule has 2 heteroatoms. The smallest absolute Gasteiger partial charge is 0.0886 e. The van der Waals surface area contributed by atoms with Gasteiger partial charge in [0.1, 0.15) is 0 Å². The van der Waals surface area contributed by atoms with Gasteiger partial charge >= 0.3 is 0 Å². The Labute approximate surface area is 272 Å². The third kappa shape index (κ3) is 5.16. The highest BCUT2D eigenvalue weighted by molar-refractivity contribution is 5.85. The van der Waals surface area contributed by atoms with E-state index in [-0.39, 0.29) is 5.41 Å². The van der Waals surface area contributed by atoms with Crippen LogP contribution in [-0.4, -0.2) is 9.97 Å². The zero-order valence-electron chi connectivity index (χ0n) is 26.9. The Morgan fingerprint density at radius 3 is 2.07 bits per heavy atom. The molecule has 46 heavy (non-hydrogen) atoms. The summed E-state index contributed by atoms with van der Waals surface area (Å²) in [6.07, 6.45) is 26.0. The zero-order valence-corrected chi connectivity index (χ0v) is 26.9. The van der Waals surface area contributed by atoms with Gasteiger partial charge in [-0.15, -0.1) is 0 Å². The second kappa shape index (κ2) is 11.5. The predicted octanol–water partition coefficient (Wildman–Crippen LogP) is 9.06. The normalized spacial score (nSPS) is 21.7. The van der Waals surface area contributed by atoms with Gasteiger partial charge in [0.25, 0.3) is 0 Å². The first-order valence-corrected chi connectivity index (χ1v) is 16.7. The van der Waals surface area contributed by atoms with Crippen molar-refractivity contribution in [3.63, 3.8) is 0 Å². The molecule has 0 saturated carbocycles. The highest BCUT2D eigenvalue weighted by Gasteiger charge is 2.35. The van der Waals surface area contributed by atoms with Gasteiger partial charge in [0.15, 0.2) is 0 Å². The Morgan fingerprint density at radius 2 is 1.37 bits per heavy atom. The molecule has 0 saturated heterocycles. The number of hydrogen-bond acceptors (Lipinski definition) is 2. The molecule has 0 spiro atoms. The lowest BCUT2D eigenvalue weighted by molar-refractivity contribution is 0.290. The predicted molar refractivity (Wildman–Crippen MR) is 192 cm³/mol. The molecule has 0 amide bonds. The van der Waals surface area contributed by atoms with Crippen LogP contribution >= 0.6 is 0 Å². The van der Waals surface area contributed by atoms with Crippen LogP contribution in [0.2, 0.25) is 0 Å². The molecular weight excluding hydrogens is 556 g/mol. The summed E-state index contributed by atoms with van der Waals surface area (Å²) < 4.78 is 0. The summed E-state index contributed by atoms with van der Waals surface area (Å²) in [5.74, 6) is 1.20. The van der Waals surface area contributed by atoms with Crippen LogP contribution in [0.1, 0.15) is 44.7 Å². The van der Waals surface area contributed by atoms with Crippen LogP contribution in [0.25, 0.3) is 39.7 Å². The van der Waals surface area contributed by atoms with Gasteiger partial charge in [-0.2, -0.15) is 0 Å². The van der Waals surface area contributed by atoms with Gasteiger partial charge in [-0.3, -0.25) is 9.97 Å². The average Bonchev–Trinajstić information content (AvgIpc) is 3.10. The van der Waals surface area contributed by atoms with Crippen molar-refractivity contribution in [2.45, 2.75) is 40.0 Å². The molecule has 0 fully saturated rings. The first kappa shape index (κ1) is 28.6. The number of pyridine rings is 2. The fraction of sp³-hybridized carbons (Fsp3) is 0.227. The van der Waals surface area contributed by atoms with E-state index in [1.165, 1.54) is 49.4 Å². The van der Waals surface area contributed by atoms with Crippen LogP contribution in [0, 0.1) is 23.2 Å². The lowest BCUT2D eigenvalue weighted by atomic mass is 9.66. The van der Waals surface area contributed by atoms with Crippen LogP contribution in [0.15, 0.2) is 139 Å². The summed E-state index contributed by atoms with van der Waals surface area (Å²) in [6.45, 7) is 7.11. The van der Waals surface area contributed by atoms with E-state index < -0.39 is 0 Å². The van der Waals surface area contributed by atoms with E-state index in [4.69, 9.17) is 4.98 Å². The molecule has 2 nitrogen and oxygen atoms in total. The maximum absolute atomic E-state index is 4.75. The molecule has 0 N–H and O–H groups in total. The van der Waals surface area contributed by atoms with Crippen LogP contribution < -0.4 is 10.4 Å². The lowest BCUT2D eigenvalue weighted by Gasteiger charge is -2.38. The van der Waals surface area contributed by atoms with Crippen molar-refractivity contribution in [1.29, 1.82) is 0 Å². The number of fused-ring (bicyclic) bond motifs is 3. The number of allylic oxidation sites excluding steroid dienone is 9. The van der Waals surface area contributed by atoms with Crippen LogP contribution in [-0.2, 0) is 6.42 Å². The molecule has 0 aliphatic heterocycles. The van der Waals surface area contributed by atoms with Gasteiger partial charge in [0.05, 0.1) is 11.4 Å². The van der Waals surface area contributed by atoms with E-state index in [2.05, 4.69) is 129 Å². The van der Waals surface area contributed by atoms with Gasteiger partial charge in [0, 0.05) is 29.8 Å². The molecule has 3 atom stereocenters. The van der Waals surface area contributed by atoms with Gasteiger partial charge < -0.3 is 0 Å². The highest BCUT2D eigenvalue weighted by Crippen LogP contribution is 2.46. The zero-order chi connectivity index (χ0) is 31.3. The molecule has 4 aromatic rings. The van der Waals surface area contributed by atoms with Crippen LogP contribution in [0.4, 0.5) is 0 Å². The maximum atomic E-state index is 4.75. The van der Waals surface area contributed by atoms with E-state index in [0.29, 0.717) is 17.8 Å². The lowest BCUT2D eigenvalue weighted by Crippen LogP contribution is -2.41. The quantitative estimate of drug-likeness (QED) is 0.235. The fourth-order valence-corrected chi connectivity index (χ4v) is 7.83. The summed E-state index contributed by atoms with van der Waals surface area (Å²) in [7, 11) is 0. The number of nitrogens with zero attached hydrogens (tertiary/aromatic N) is 2. The Bertz CT molecular complexity index is 2100. The third-order valence-electron chi connectivity index (χ3n) is 10.4. The molecule has 226 valence electrons. The van der Waals surface area contributed by atoms with Crippen LogP contribution in [0.3, 0.4) is 0 Å². The van der Waals surface area contributed by atoms with Gasteiger partial charge in [0.2, 0.25) is 0 Å². The van der Waals surface area contributed by atoms with Crippen molar-refractivity contribution in [1.82, 2.24) is 9.97 Å². The molecule has 4 aliphatic rings. The Kier molecular flexibility index (Phi) is 7.17. The topological polar surface area (TPSA) is 25.8 Å². The molecule has 2 aromatic carbocycles. The molecule has 0 bridgehead atoms. The van der Waals surface area contributed by atoms with Crippen molar-refractivity contribution in [2.24, 2.45) is 23.2 Å². The van der Waals surface area contributed by atoms with Gasteiger partial charge in [-0.25, -0.2) is 0 Å². The van der Waals surface area contributed by atoms with Crippen molar-refractivity contribution in [3.8, 4) is 22.5 Å². The minimum absolute atomic E-state index is 0.236. The average molecular weight is 597 g/mol. The van der Waals surface area contributed by atoms with Crippen molar-refractivity contribution in [2.75, 3.05) is 0 Å². The van der Waals surface area contributed by atoms with Crippen LogP contribution in [0.5, 0.6) is 0 Å². The molecule has 2 aromatic heterocycles. The Morgan fingerprint density at radius 1 is 0.652 bits per heavy atom. The van der Waals surface area contributed by atoms with Crippen molar-refractivity contribution >= 4 is 17.2 Å². The summed E-state index contributed by atoms with van der Waals surface area (Å²) in [5, 5.41) is 2.81. The number of aromatic nitrogens is 2. The highest BCUT2D eigenvalue weighted by atomic mass is 14.8. The monoisotopic (exact) mass is 596 g/mol. The second-order valence-electron chi connectivity index (χ2n) is 14.2. The first-order chi connectivity index (χ1) is 22.4. The molecule has 4 aliphatic carbocycles. The SMILES string of the molecule is CC(C)(C)C1C=CC=C(C2=c3ccccc3=C(C3=Cc4cc(-c5ccc(-c6ccccn6)nc5)ccc4CC3)C3C=CC=CC23)C1. The largest absolute Gasteiger partial charge is 0.255 e. The molecule has 8 rings (SSSR count). The summed E-state index contributed by atoms with van der Waals surface area (Å²) in [6, 6.07) is 26.3. The minimum Gasteiger partial charge on any atom is -0.255 e. The van der Waals surface area contributed by atoms with E-state index >= 15 is 0 Å². The van der Waals surface area contributed by atoms with E-state index in [1.54, 1.807) is 0 Å². The summed E-state index contributed by atoms with van der Waals surface area (Å²) in [5.41, 5.74) is 13.1. The standard InChI is InChI=1S/C44H40N2/c1-44(2,3)35-12-10-11-31(27-35)42-36-13-4-6-15-38(36)43(39-16-7-5-14-37(39)42)32-21-19-29-18-20-30(25-34(29)26-32)33-22-23-41(46-28-33)40-17-8-9-24-45-40/h4-18,20,22-26,28,35-36,38H,19,21,27H2,1-3H3. The number of rotatable bonds is 4. The van der Waals surface area contributed by atoms with E-state index in [9.17, 15) is 0 Å². The molecule has 3 unspecified atom stereocenters. The summed E-state index contributed by atoms with van der Waals surface area (Å²) >= 11 is 0. The minimum atomic E-state index is 0.236. The molecule has 2 heterocycles. The van der Waals surface area contributed by atoms with E-state index in [1.807, 2.05) is 30.6 Å². The maximum Gasteiger partial charge on any atom is 0.0886 e.